The van der Waals surface area contributed by atoms with Gasteiger partial charge in [0.15, 0.2) is 5.58 Å². The Morgan fingerprint density at radius 2 is 0.911 bits per heavy atom. The summed E-state index contributed by atoms with van der Waals surface area (Å²) in [6.45, 7) is 4.19. The zero-order chi connectivity index (χ0) is 28.9. The third-order valence-corrected chi connectivity index (χ3v) is 7.99. The number of aromatic nitrogens is 2. The van der Waals surface area contributed by atoms with Gasteiger partial charge < -0.3 is 26.2 Å². The molecule has 0 N–H and O–H groups in total. The van der Waals surface area contributed by atoms with Crippen molar-refractivity contribution in [3.05, 3.63) is 138 Å². The zero-order valence-corrected chi connectivity index (χ0v) is 26.3. The minimum Gasteiger partial charge on any atom is -1.00 e. The molecule has 1 aliphatic rings. The molecule has 6 heteroatoms. The van der Waals surface area contributed by atoms with Crippen LogP contribution in [0.15, 0.2) is 124 Å². The van der Waals surface area contributed by atoms with Crippen molar-refractivity contribution in [3.63, 3.8) is 0 Å². The summed E-state index contributed by atoms with van der Waals surface area (Å²) in [6, 6.07) is 39.5. The van der Waals surface area contributed by atoms with Crippen LogP contribution in [0.25, 0.3) is 78.9 Å². The molecular formula is C39H27ClN2NiO2. The summed E-state index contributed by atoms with van der Waals surface area (Å²) in [7, 11) is 0. The van der Waals surface area contributed by atoms with Gasteiger partial charge in [0.1, 0.15) is 22.4 Å². The van der Waals surface area contributed by atoms with Crippen LogP contribution in [0.2, 0.25) is 0 Å². The maximum absolute atomic E-state index is 6.74. The van der Waals surface area contributed by atoms with Crippen LogP contribution in [0.1, 0.15) is 22.5 Å². The van der Waals surface area contributed by atoms with Crippen molar-refractivity contribution in [2.75, 3.05) is 0 Å². The van der Waals surface area contributed by atoms with E-state index in [0.29, 0.717) is 5.58 Å². The van der Waals surface area contributed by atoms with Crippen LogP contribution in [0.4, 0.5) is 0 Å². The summed E-state index contributed by atoms with van der Waals surface area (Å²) < 4.78 is 13.3. The Labute approximate surface area is 277 Å². The average Bonchev–Trinajstić information content (AvgIpc) is 3.85. The summed E-state index contributed by atoms with van der Waals surface area (Å²) in [6.07, 6.45) is 4.05. The van der Waals surface area contributed by atoms with Crippen molar-refractivity contribution in [2.45, 2.75) is 13.8 Å². The first-order chi connectivity index (χ1) is 21.1. The number of nitrogens with zero attached hydrogens (tertiary/aromatic N) is 2. The number of furan rings is 2. The Balaban J connectivity index is 0.00000179. The van der Waals surface area contributed by atoms with E-state index in [9.17, 15) is 0 Å². The molecule has 45 heavy (non-hydrogen) atoms. The first-order valence-electron chi connectivity index (χ1n) is 14.4. The predicted molar refractivity (Wildman–Crippen MR) is 176 cm³/mol. The molecule has 222 valence electrons. The molecule has 7 aromatic rings. The summed E-state index contributed by atoms with van der Waals surface area (Å²) in [5.41, 5.74) is 14.4. The molecule has 0 unspecified atom stereocenters. The van der Waals surface area contributed by atoms with Crippen molar-refractivity contribution in [3.8, 4) is 33.4 Å². The topological polar surface area (TPSA) is 53.3 Å². The van der Waals surface area contributed by atoms with Crippen molar-refractivity contribution in [1.82, 2.24) is 9.97 Å². The van der Waals surface area contributed by atoms with Crippen molar-refractivity contribution in [1.29, 1.82) is 0 Å². The van der Waals surface area contributed by atoms with Gasteiger partial charge in [-0.2, -0.15) is 0 Å². The third kappa shape index (κ3) is 5.50. The summed E-state index contributed by atoms with van der Waals surface area (Å²) in [4.78, 5) is 10.3. The predicted octanol–water partition coefficient (Wildman–Crippen LogP) is 7.47. The molecule has 4 aromatic heterocycles. The molecule has 0 aliphatic carbocycles. The van der Waals surface area contributed by atoms with Gasteiger partial charge in [-0.3, -0.25) is 0 Å². The number of hydrogen-bond donors (Lipinski definition) is 0. The Kier molecular flexibility index (Phi) is 8.25. The SMILES string of the molecule is Cc1ccc(-c2c3nc(c4ccc(o4)c(-c4ccccc4)c4ccc([n-]4)c(-c4ccc(C)cc4)c4ccc2o4)C=C3)cc1.[Cl-].[Ni+2]. The molecule has 0 saturated carbocycles. The molecule has 5 heterocycles. The molecular weight excluding hydrogens is 623 g/mol. The van der Waals surface area contributed by atoms with Gasteiger partial charge in [-0.15, -0.1) is 11.0 Å². The number of fused-ring (bicyclic) bond motifs is 9. The van der Waals surface area contributed by atoms with Crippen LogP contribution < -0.4 is 17.4 Å². The average molecular weight is 650 g/mol. The number of hydrogen-bond acceptors (Lipinski definition) is 3. The van der Waals surface area contributed by atoms with E-state index < -0.39 is 0 Å². The second-order valence-electron chi connectivity index (χ2n) is 11.0. The van der Waals surface area contributed by atoms with Crippen LogP contribution in [-0.4, -0.2) is 4.98 Å². The van der Waals surface area contributed by atoms with Crippen molar-refractivity contribution in [2.24, 2.45) is 0 Å². The third-order valence-electron chi connectivity index (χ3n) is 7.99. The number of rotatable bonds is 3. The fourth-order valence-corrected chi connectivity index (χ4v) is 5.79. The van der Waals surface area contributed by atoms with E-state index in [2.05, 4.69) is 86.6 Å². The van der Waals surface area contributed by atoms with Crippen LogP contribution in [-0.2, 0) is 16.5 Å². The van der Waals surface area contributed by atoms with Crippen LogP contribution >= 0.6 is 0 Å². The molecule has 8 bridgehead atoms. The van der Waals surface area contributed by atoms with E-state index in [1.807, 2.05) is 54.6 Å². The van der Waals surface area contributed by atoms with Gasteiger partial charge in [0.25, 0.3) is 0 Å². The molecule has 0 saturated heterocycles. The van der Waals surface area contributed by atoms with Crippen LogP contribution in [0, 0.1) is 13.8 Å². The van der Waals surface area contributed by atoms with E-state index in [0.717, 1.165) is 72.6 Å². The molecule has 0 spiro atoms. The number of aryl methyl sites for hydroxylation is 2. The second kappa shape index (κ2) is 12.3. The van der Waals surface area contributed by atoms with E-state index in [4.69, 9.17) is 18.8 Å². The Bertz CT molecular complexity index is 2290. The van der Waals surface area contributed by atoms with Gasteiger partial charge in [-0.1, -0.05) is 102 Å². The minimum absolute atomic E-state index is 0. The fourth-order valence-electron chi connectivity index (χ4n) is 5.79. The van der Waals surface area contributed by atoms with Gasteiger partial charge in [-0.05, 0) is 67.0 Å². The Hall–Kier alpha value is -4.83. The quantitative estimate of drug-likeness (QED) is 0.186. The molecule has 0 atom stereocenters. The van der Waals surface area contributed by atoms with E-state index >= 15 is 0 Å². The van der Waals surface area contributed by atoms with E-state index in [1.165, 1.54) is 11.1 Å². The van der Waals surface area contributed by atoms with E-state index in [-0.39, 0.29) is 28.9 Å². The summed E-state index contributed by atoms with van der Waals surface area (Å²) in [5.74, 6) is 0. The van der Waals surface area contributed by atoms with Crippen molar-refractivity contribution >= 4 is 45.5 Å². The monoisotopic (exact) mass is 648 g/mol. The van der Waals surface area contributed by atoms with Gasteiger partial charge in [-0.25, -0.2) is 4.98 Å². The second-order valence-corrected chi connectivity index (χ2v) is 11.0. The summed E-state index contributed by atoms with van der Waals surface area (Å²) >= 11 is 0. The zero-order valence-electron chi connectivity index (χ0n) is 24.5. The van der Waals surface area contributed by atoms with Gasteiger partial charge in [0.05, 0.1) is 11.3 Å². The Morgan fingerprint density at radius 1 is 0.467 bits per heavy atom. The first kappa shape index (κ1) is 30.2. The number of halogens is 1. The molecule has 4 nitrogen and oxygen atoms in total. The molecule has 0 amide bonds. The van der Waals surface area contributed by atoms with E-state index in [1.54, 1.807) is 0 Å². The molecule has 1 aliphatic heterocycles. The molecule has 8 rings (SSSR count). The molecule has 0 radical (unpaired) electrons. The van der Waals surface area contributed by atoms with Crippen LogP contribution in [0.5, 0.6) is 0 Å². The van der Waals surface area contributed by atoms with Gasteiger partial charge in [0, 0.05) is 11.1 Å². The molecule has 3 aromatic carbocycles. The normalized spacial score (nSPS) is 11.3. The van der Waals surface area contributed by atoms with Crippen molar-refractivity contribution < 1.29 is 37.7 Å². The standard InChI is InChI=1S/C39H27N2O2.ClH.Ni/c1-24-8-12-27(13-9-24)38-30-17-16-29(40-30)33-20-21-34(42-33)37(26-6-4-3-5-7-26)31-18-19-32(41-31)39(36-23-22-35(38)43-36)28-14-10-25(2)11-15-28;;/h3-23H,1-2H3;1H;/q-1;;+2/p-1. The van der Waals surface area contributed by atoms with Gasteiger partial charge in [0.2, 0.25) is 0 Å². The minimum atomic E-state index is 0. The fraction of sp³-hybridized carbons (Fsp3) is 0.0513. The van der Waals surface area contributed by atoms with Gasteiger partial charge >= 0.3 is 16.5 Å². The molecule has 0 fully saturated rings. The first-order valence-corrected chi connectivity index (χ1v) is 14.4. The maximum atomic E-state index is 6.74. The Morgan fingerprint density at radius 3 is 1.49 bits per heavy atom. The largest absolute Gasteiger partial charge is 2.00 e. The smallest absolute Gasteiger partial charge is 1.00 e. The van der Waals surface area contributed by atoms with Crippen LogP contribution in [0.3, 0.4) is 0 Å². The summed E-state index contributed by atoms with van der Waals surface area (Å²) in [5, 5.41) is 0. The maximum Gasteiger partial charge on any atom is 2.00 e. The number of benzene rings is 3.